The van der Waals surface area contributed by atoms with Gasteiger partial charge in [0, 0.05) is 7.05 Å². The molecule has 104 valence electrons. The van der Waals surface area contributed by atoms with Crippen LogP contribution >= 0.6 is 0 Å². The molecular formula is C14H14N2O4. The maximum absolute atomic E-state index is 11.8. The van der Waals surface area contributed by atoms with Crippen LogP contribution in [0.4, 0.5) is 5.82 Å². The number of ether oxygens (including phenoxy) is 2. The Hall–Kier alpha value is -2.10. The fraction of sp³-hybridized carbons (Fsp3) is 0.429. The fourth-order valence-corrected chi connectivity index (χ4v) is 1.94. The lowest BCUT2D eigenvalue weighted by Gasteiger charge is -2.30. The maximum Gasteiger partial charge on any atom is 0.231 e. The van der Waals surface area contributed by atoms with Crippen molar-refractivity contribution in [2.45, 2.75) is 12.0 Å². The highest BCUT2D eigenvalue weighted by atomic mass is 16.5. The summed E-state index contributed by atoms with van der Waals surface area (Å²) >= 11 is 0. The molecule has 0 bridgehead atoms. The molecule has 1 fully saturated rings. The van der Waals surface area contributed by atoms with Crippen molar-refractivity contribution in [2.75, 3.05) is 31.8 Å². The molecule has 2 aliphatic heterocycles. The number of pyridine rings is 1. The van der Waals surface area contributed by atoms with Crippen LogP contribution in [0, 0.1) is 11.8 Å². The van der Waals surface area contributed by atoms with Gasteiger partial charge in [0.25, 0.3) is 0 Å². The van der Waals surface area contributed by atoms with Gasteiger partial charge in [-0.1, -0.05) is 5.92 Å². The van der Waals surface area contributed by atoms with Crippen LogP contribution in [-0.4, -0.2) is 48.5 Å². The number of hydrogen-bond acceptors (Lipinski definition) is 5. The quantitative estimate of drug-likeness (QED) is 0.671. The summed E-state index contributed by atoms with van der Waals surface area (Å²) in [6.07, 6.45) is 0.324. The van der Waals surface area contributed by atoms with E-state index in [-0.39, 0.29) is 19.1 Å². The van der Waals surface area contributed by atoms with Gasteiger partial charge in [0.2, 0.25) is 5.91 Å². The molecular weight excluding hydrogens is 260 g/mol. The summed E-state index contributed by atoms with van der Waals surface area (Å²) in [5.74, 6) is 6.51. The fourth-order valence-electron chi connectivity index (χ4n) is 1.94. The van der Waals surface area contributed by atoms with Gasteiger partial charge in [-0.05, 0) is 18.1 Å². The van der Waals surface area contributed by atoms with Gasteiger partial charge in [-0.2, -0.15) is 0 Å². The molecule has 2 aliphatic rings. The molecule has 0 aromatic carbocycles. The topological polar surface area (TPSA) is 71.9 Å². The van der Waals surface area contributed by atoms with Crippen molar-refractivity contribution in [3.8, 4) is 17.6 Å². The van der Waals surface area contributed by atoms with E-state index >= 15 is 0 Å². The highest BCUT2D eigenvalue weighted by molar-refractivity contribution is 5.93. The lowest BCUT2D eigenvalue weighted by molar-refractivity contribution is -0.140. The number of amides is 1. The van der Waals surface area contributed by atoms with Crippen molar-refractivity contribution in [3.63, 3.8) is 0 Å². The van der Waals surface area contributed by atoms with Crippen molar-refractivity contribution >= 4 is 11.7 Å². The minimum absolute atomic E-state index is 0.0487. The average Bonchev–Trinajstić information content (AvgIpc) is 2.55. The molecule has 0 radical (unpaired) electrons. The Kier molecular flexibility index (Phi) is 3.08. The molecule has 20 heavy (non-hydrogen) atoms. The molecule has 0 spiro atoms. The second kappa shape index (κ2) is 4.78. The van der Waals surface area contributed by atoms with Crippen LogP contribution in [0.2, 0.25) is 0 Å². The van der Waals surface area contributed by atoms with E-state index < -0.39 is 5.60 Å². The number of aromatic nitrogens is 1. The van der Waals surface area contributed by atoms with Crippen molar-refractivity contribution in [3.05, 3.63) is 17.8 Å². The minimum atomic E-state index is -1.08. The van der Waals surface area contributed by atoms with E-state index in [0.29, 0.717) is 30.3 Å². The summed E-state index contributed by atoms with van der Waals surface area (Å²) in [6.45, 7) is 0.777. The first kappa shape index (κ1) is 12.9. The van der Waals surface area contributed by atoms with Gasteiger partial charge in [-0.25, -0.2) is 4.98 Å². The summed E-state index contributed by atoms with van der Waals surface area (Å²) in [4.78, 5) is 17.6. The van der Waals surface area contributed by atoms with E-state index in [4.69, 9.17) is 9.47 Å². The van der Waals surface area contributed by atoms with Crippen LogP contribution in [0.1, 0.15) is 12.1 Å². The average molecular weight is 274 g/mol. The van der Waals surface area contributed by atoms with Crippen LogP contribution in [0.5, 0.6) is 5.75 Å². The van der Waals surface area contributed by atoms with Crippen molar-refractivity contribution in [2.24, 2.45) is 0 Å². The summed E-state index contributed by atoms with van der Waals surface area (Å²) in [7, 11) is 1.66. The van der Waals surface area contributed by atoms with E-state index in [1.807, 2.05) is 0 Å². The lowest BCUT2D eigenvalue weighted by atomic mass is 10.0. The number of aliphatic hydroxyl groups is 1. The van der Waals surface area contributed by atoms with Gasteiger partial charge in [0.1, 0.15) is 5.69 Å². The highest BCUT2D eigenvalue weighted by Gasteiger charge is 2.34. The van der Waals surface area contributed by atoms with Crippen molar-refractivity contribution < 1.29 is 19.4 Å². The maximum atomic E-state index is 11.8. The molecule has 3 rings (SSSR count). The zero-order chi connectivity index (χ0) is 14.2. The summed E-state index contributed by atoms with van der Waals surface area (Å²) < 4.78 is 10.4. The molecule has 0 unspecified atom stereocenters. The van der Waals surface area contributed by atoms with E-state index in [0.717, 1.165) is 0 Å². The van der Waals surface area contributed by atoms with Gasteiger partial charge in [-0.3, -0.25) is 9.69 Å². The minimum Gasteiger partial charge on any atom is -0.489 e. The van der Waals surface area contributed by atoms with Crippen LogP contribution in [0.3, 0.4) is 0 Å². The highest BCUT2D eigenvalue weighted by Crippen LogP contribution is 2.28. The largest absolute Gasteiger partial charge is 0.489 e. The van der Waals surface area contributed by atoms with E-state index in [1.165, 1.54) is 4.90 Å². The molecule has 0 aliphatic carbocycles. The van der Waals surface area contributed by atoms with E-state index in [2.05, 4.69) is 16.8 Å². The Labute approximate surface area is 116 Å². The predicted molar refractivity (Wildman–Crippen MR) is 70.4 cm³/mol. The lowest BCUT2D eigenvalue weighted by Crippen LogP contribution is -2.48. The molecule has 1 N–H and O–H groups in total. The predicted octanol–water partition coefficient (Wildman–Crippen LogP) is -0.0603. The number of nitrogens with zero attached hydrogens (tertiary/aromatic N) is 2. The van der Waals surface area contributed by atoms with Crippen LogP contribution < -0.4 is 9.64 Å². The molecule has 0 atom stereocenters. The number of hydrogen-bond donors (Lipinski definition) is 1. The number of carbonyl (C=O) groups excluding carboxylic acids is 1. The van der Waals surface area contributed by atoms with Gasteiger partial charge in [0.05, 0.1) is 26.2 Å². The SMILES string of the molecule is CN1C(=O)CCOc2ccc(C#CC3(O)COC3)nc21. The van der Waals surface area contributed by atoms with Gasteiger partial charge in [-0.15, -0.1) is 0 Å². The molecule has 3 heterocycles. The summed E-state index contributed by atoms with van der Waals surface area (Å²) in [5, 5.41) is 9.83. The molecule has 1 saturated heterocycles. The van der Waals surface area contributed by atoms with Gasteiger partial charge >= 0.3 is 0 Å². The Bertz CT molecular complexity index is 613. The first-order chi connectivity index (χ1) is 9.57. The van der Waals surface area contributed by atoms with Gasteiger partial charge in [0.15, 0.2) is 17.2 Å². The number of rotatable bonds is 0. The monoisotopic (exact) mass is 274 g/mol. The Morgan fingerprint density at radius 3 is 2.95 bits per heavy atom. The third-order valence-electron chi connectivity index (χ3n) is 3.21. The zero-order valence-corrected chi connectivity index (χ0v) is 11.0. The zero-order valence-electron chi connectivity index (χ0n) is 11.0. The first-order valence-corrected chi connectivity index (χ1v) is 6.31. The third kappa shape index (κ3) is 2.33. The van der Waals surface area contributed by atoms with Crippen LogP contribution in [-0.2, 0) is 9.53 Å². The number of fused-ring (bicyclic) bond motifs is 1. The van der Waals surface area contributed by atoms with Crippen molar-refractivity contribution in [1.82, 2.24) is 4.98 Å². The smallest absolute Gasteiger partial charge is 0.231 e. The molecule has 1 aromatic heterocycles. The Morgan fingerprint density at radius 1 is 1.45 bits per heavy atom. The molecule has 6 nitrogen and oxygen atoms in total. The summed E-state index contributed by atoms with van der Waals surface area (Å²) in [6, 6.07) is 3.45. The second-order valence-electron chi connectivity index (χ2n) is 4.84. The normalized spacial score (nSPS) is 19.9. The molecule has 0 saturated carbocycles. The van der Waals surface area contributed by atoms with Crippen LogP contribution in [0.15, 0.2) is 12.1 Å². The summed E-state index contributed by atoms with van der Waals surface area (Å²) in [5.41, 5.74) is -0.596. The van der Waals surface area contributed by atoms with E-state index in [9.17, 15) is 9.90 Å². The first-order valence-electron chi connectivity index (χ1n) is 6.31. The van der Waals surface area contributed by atoms with E-state index in [1.54, 1.807) is 19.2 Å². The Morgan fingerprint density at radius 2 is 2.25 bits per heavy atom. The Balaban J connectivity index is 1.91. The standard InChI is InChI=1S/C14H14N2O4/c1-16-12(17)5-7-20-11-3-2-10(15-13(11)16)4-6-14(18)8-19-9-14/h2-3,18H,5,7-9H2,1H3. The molecule has 1 amide bonds. The molecule has 6 heteroatoms. The third-order valence-corrected chi connectivity index (χ3v) is 3.21. The number of anilines is 1. The second-order valence-corrected chi connectivity index (χ2v) is 4.84. The van der Waals surface area contributed by atoms with Crippen molar-refractivity contribution in [1.29, 1.82) is 0 Å². The molecule has 1 aromatic rings. The number of carbonyl (C=O) groups is 1. The van der Waals surface area contributed by atoms with Crippen LogP contribution in [0.25, 0.3) is 0 Å². The van der Waals surface area contributed by atoms with Gasteiger partial charge < -0.3 is 14.6 Å².